The lowest BCUT2D eigenvalue weighted by Gasteiger charge is -2.34. The Kier molecular flexibility index (Phi) is 5.07. The van der Waals surface area contributed by atoms with E-state index in [1.165, 1.54) is 0 Å². The summed E-state index contributed by atoms with van der Waals surface area (Å²) in [6.07, 6.45) is 3.57. The summed E-state index contributed by atoms with van der Waals surface area (Å²) in [7, 11) is 0. The third kappa shape index (κ3) is 3.62. The maximum atomic E-state index is 8.86. The maximum absolute atomic E-state index is 8.86. The maximum Gasteiger partial charge on any atom is 0.0992 e. The summed E-state index contributed by atoms with van der Waals surface area (Å²) in [4.78, 5) is 2.26. The van der Waals surface area contributed by atoms with Crippen molar-refractivity contribution in [2.24, 2.45) is 0 Å². The van der Waals surface area contributed by atoms with Crippen molar-refractivity contribution in [1.82, 2.24) is 0 Å². The van der Waals surface area contributed by atoms with Crippen molar-refractivity contribution in [3.05, 3.63) is 28.8 Å². The third-order valence-corrected chi connectivity index (χ3v) is 3.66. The van der Waals surface area contributed by atoms with E-state index in [0.717, 1.165) is 44.6 Å². The van der Waals surface area contributed by atoms with Gasteiger partial charge in [0, 0.05) is 19.7 Å². The predicted molar refractivity (Wildman–Crippen MR) is 77.6 cm³/mol. The predicted octanol–water partition coefficient (Wildman–Crippen LogP) is 3.61. The van der Waals surface area contributed by atoms with Crippen molar-refractivity contribution in [3.63, 3.8) is 0 Å². The van der Waals surface area contributed by atoms with Gasteiger partial charge in [-0.3, -0.25) is 0 Å². The minimum Gasteiger partial charge on any atom is -0.376 e. The second kappa shape index (κ2) is 6.79. The molecule has 1 fully saturated rings. The zero-order valence-electron chi connectivity index (χ0n) is 11.2. The number of piperidine rings is 1. The van der Waals surface area contributed by atoms with Gasteiger partial charge in [-0.2, -0.15) is 5.26 Å². The smallest absolute Gasteiger partial charge is 0.0992 e. The van der Waals surface area contributed by atoms with Gasteiger partial charge in [0.25, 0.3) is 0 Å². The van der Waals surface area contributed by atoms with Gasteiger partial charge in [-0.25, -0.2) is 0 Å². The largest absolute Gasteiger partial charge is 0.376 e. The number of halogens is 1. The fourth-order valence-electron chi connectivity index (χ4n) is 2.41. The Morgan fingerprint density at radius 2 is 2.37 bits per heavy atom. The van der Waals surface area contributed by atoms with E-state index in [1.54, 1.807) is 6.07 Å². The average Bonchev–Trinajstić information content (AvgIpc) is 2.45. The quantitative estimate of drug-likeness (QED) is 0.844. The first-order valence-electron chi connectivity index (χ1n) is 6.80. The van der Waals surface area contributed by atoms with E-state index in [-0.39, 0.29) is 0 Å². The standard InChI is InChI=1S/C15H19ClN2O/c1-2-8-19-13-4-3-7-18(11-13)15-6-5-12(10-17)9-14(15)16/h5-6,9,13H,2-4,7-8,11H2,1H3. The number of ether oxygens (including phenoxy) is 1. The highest BCUT2D eigenvalue weighted by molar-refractivity contribution is 6.33. The summed E-state index contributed by atoms with van der Waals surface area (Å²) < 4.78 is 5.83. The highest BCUT2D eigenvalue weighted by Crippen LogP contribution is 2.29. The van der Waals surface area contributed by atoms with Gasteiger partial charge in [0.1, 0.15) is 0 Å². The van der Waals surface area contributed by atoms with E-state index in [4.69, 9.17) is 21.6 Å². The molecular formula is C15H19ClN2O. The Bertz CT molecular complexity index is 470. The van der Waals surface area contributed by atoms with E-state index < -0.39 is 0 Å². The van der Waals surface area contributed by atoms with E-state index in [0.29, 0.717) is 16.7 Å². The van der Waals surface area contributed by atoms with Crippen molar-refractivity contribution < 1.29 is 4.74 Å². The number of anilines is 1. The van der Waals surface area contributed by atoms with Crippen LogP contribution >= 0.6 is 11.6 Å². The second-order valence-electron chi connectivity index (χ2n) is 4.86. The van der Waals surface area contributed by atoms with Crippen molar-refractivity contribution in [2.75, 3.05) is 24.6 Å². The van der Waals surface area contributed by atoms with Gasteiger partial charge in [-0.05, 0) is 37.5 Å². The Balaban J connectivity index is 2.07. The molecule has 0 aromatic heterocycles. The molecular weight excluding hydrogens is 260 g/mol. The molecule has 2 rings (SSSR count). The molecule has 0 amide bonds. The topological polar surface area (TPSA) is 36.3 Å². The molecule has 0 aliphatic carbocycles. The molecule has 1 aliphatic rings. The van der Waals surface area contributed by atoms with E-state index in [9.17, 15) is 0 Å². The lowest BCUT2D eigenvalue weighted by molar-refractivity contribution is 0.0440. The number of nitrogens with zero attached hydrogens (tertiary/aromatic N) is 2. The number of hydrogen-bond acceptors (Lipinski definition) is 3. The first kappa shape index (κ1) is 14.2. The van der Waals surface area contributed by atoms with Crippen molar-refractivity contribution in [3.8, 4) is 6.07 Å². The van der Waals surface area contributed by atoms with E-state index in [1.807, 2.05) is 12.1 Å². The van der Waals surface area contributed by atoms with E-state index in [2.05, 4.69) is 17.9 Å². The number of hydrogen-bond donors (Lipinski definition) is 0. The Labute approximate surface area is 119 Å². The van der Waals surface area contributed by atoms with Gasteiger partial charge in [-0.1, -0.05) is 18.5 Å². The molecule has 1 heterocycles. The number of rotatable bonds is 4. The first-order chi connectivity index (χ1) is 9.24. The fourth-order valence-corrected chi connectivity index (χ4v) is 2.71. The van der Waals surface area contributed by atoms with Gasteiger partial charge in [-0.15, -0.1) is 0 Å². The van der Waals surface area contributed by atoms with Crippen LogP contribution in [0.2, 0.25) is 5.02 Å². The van der Waals surface area contributed by atoms with Crippen molar-refractivity contribution in [1.29, 1.82) is 5.26 Å². The molecule has 1 saturated heterocycles. The SMILES string of the molecule is CCCOC1CCCN(c2ccc(C#N)cc2Cl)C1. The highest BCUT2D eigenvalue weighted by atomic mass is 35.5. The molecule has 1 aliphatic heterocycles. The van der Waals surface area contributed by atoms with Crippen LogP contribution in [0.3, 0.4) is 0 Å². The van der Waals surface area contributed by atoms with Gasteiger partial charge in [0.05, 0.1) is 28.4 Å². The molecule has 102 valence electrons. The molecule has 0 spiro atoms. The summed E-state index contributed by atoms with van der Waals surface area (Å²) in [5.74, 6) is 0. The van der Waals surface area contributed by atoms with Gasteiger partial charge in [0.15, 0.2) is 0 Å². The van der Waals surface area contributed by atoms with Crippen molar-refractivity contribution in [2.45, 2.75) is 32.3 Å². The average molecular weight is 279 g/mol. The molecule has 0 saturated carbocycles. The molecule has 1 aromatic rings. The molecule has 4 heteroatoms. The molecule has 3 nitrogen and oxygen atoms in total. The van der Waals surface area contributed by atoms with Crippen LogP contribution in [0, 0.1) is 11.3 Å². The minimum atomic E-state index is 0.292. The summed E-state index contributed by atoms with van der Waals surface area (Å²) in [6.45, 7) is 4.82. The lowest BCUT2D eigenvalue weighted by atomic mass is 10.1. The molecule has 19 heavy (non-hydrogen) atoms. The highest BCUT2D eigenvalue weighted by Gasteiger charge is 2.21. The molecule has 0 bridgehead atoms. The Morgan fingerprint density at radius 3 is 3.05 bits per heavy atom. The monoisotopic (exact) mass is 278 g/mol. The van der Waals surface area contributed by atoms with Crippen LogP contribution in [0.5, 0.6) is 0 Å². The third-order valence-electron chi connectivity index (χ3n) is 3.35. The van der Waals surface area contributed by atoms with Crippen molar-refractivity contribution >= 4 is 17.3 Å². The number of benzene rings is 1. The van der Waals surface area contributed by atoms with Gasteiger partial charge in [0.2, 0.25) is 0 Å². The zero-order chi connectivity index (χ0) is 13.7. The summed E-state index contributed by atoms with van der Waals surface area (Å²) >= 11 is 6.26. The van der Waals surface area contributed by atoms with Gasteiger partial charge >= 0.3 is 0 Å². The van der Waals surface area contributed by atoms with Crippen LogP contribution in [0.4, 0.5) is 5.69 Å². The van der Waals surface area contributed by atoms with Crippen LogP contribution in [0.1, 0.15) is 31.7 Å². The van der Waals surface area contributed by atoms with Crippen LogP contribution in [0.15, 0.2) is 18.2 Å². The lowest BCUT2D eigenvalue weighted by Crippen LogP contribution is -2.40. The zero-order valence-corrected chi connectivity index (χ0v) is 12.0. The normalized spacial score (nSPS) is 19.2. The van der Waals surface area contributed by atoms with Crippen LogP contribution in [-0.2, 0) is 4.74 Å². The molecule has 1 unspecified atom stereocenters. The Hall–Kier alpha value is -1.24. The van der Waals surface area contributed by atoms with Crippen LogP contribution < -0.4 is 4.90 Å². The fraction of sp³-hybridized carbons (Fsp3) is 0.533. The number of nitriles is 1. The molecule has 1 atom stereocenters. The first-order valence-corrected chi connectivity index (χ1v) is 7.18. The molecule has 1 aromatic carbocycles. The van der Waals surface area contributed by atoms with Crippen LogP contribution in [-0.4, -0.2) is 25.8 Å². The summed E-state index contributed by atoms with van der Waals surface area (Å²) in [5, 5.41) is 9.51. The van der Waals surface area contributed by atoms with E-state index >= 15 is 0 Å². The minimum absolute atomic E-state index is 0.292. The summed E-state index contributed by atoms with van der Waals surface area (Å²) in [5.41, 5.74) is 1.61. The Morgan fingerprint density at radius 1 is 1.53 bits per heavy atom. The second-order valence-corrected chi connectivity index (χ2v) is 5.27. The molecule has 0 radical (unpaired) electrons. The van der Waals surface area contributed by atoms with Gasteiger partial charge < -0.3 is 9.64 Å². The van der Waals surface area contributed by atoms with Crippen LogP contribution in [0.25, 0.3) is 0 Å². The molecule has 0 N–H and O–H groups in total. The summed E-state index contributed by atoms with van der Waals surface area (Å²) in [6, 6.07) is 7.59.